The van der Waals surface area contributed by atoms with E-state index in [0.29, 0.717) is 29.3 Å². The molecule has 0 aliphatic carbocycles. The number of para-hydroxylation sites is 1. The van der Waals surface area contributed by atoms with Gasteiger partial charge in [-0.2, -0.15) is 0 Å². The Morgan fingerprint density at radius 3 is 2.64 bits per heavy atom. The summed E-state index contributed by atoms with van der Waals surface area (Å²) in [5.41, 5.74) is 1.07. The minimum Gasteiger partial charge on any atom is -0.466 e. The Morgan fingerprint density at radius 1 is 1.32 bits per heavy atom. The normalized spacial score (nSPS) is 11.0. The molecule has 118 valence electrons. The number of amides is 1. The number of rotatable bonds is 5. The second-order valence-corrected chi connectivity index (χ2v) is 4.84. The first-order valence-corrected chi connectivity index (χ1v) is 7.32. The standard InChI is InChI=1S/C15H19N3O3S/c1-3-12(22)18-14(16)15(20)17-11-8-6-5-7-10(11)9-13(19)21-4-2/h5-8H,3-4,9H2,1-2H3,(H,17,20)(H2,16,18,22). The van der Waals surface area contributed by atoms with Gasteiger partial charge in [0.2, 0.25) is 5.84 Å². The molecule has 0 fully saturated rings. The Labute approximate surface area is 134 Å². The van der Waals surface area contributed by atoms with Gasteiger partial charge < -0.3 is 10.1 Å². The van der Waals surface area contributed by atoms with Crippen molar-refractivity contribution in [3.05, 3.63) is 29.8 Å². The van der Waals surface area contributed by atoms with Crippen LogP contribution in [0.25, 0.3) is 0 Å². The number of aliphatic imine (C=N–C) groups is 1. The number of ether oxygens (including phenoxy) is 1. The van der Waals surface area contributed by atoms with E-state index in [1.165, 1.54) is 0 Å². The Morgan fingerprint density at radius 2 is 2.00 bits per heavy atom. The molecule has 0 saturated carbocycles. The molecule has 1 rings (SSSR count). The summed E-state index contributed by atoms with van der Waals surface area (Å²) in [4.78, 5) is 27.3. The van der Waals surface area contributed by atoms with Crippen LogP contribution in [0.5, 0.6) is 0 Å². The van der Waals surface area contributed by atoms with Crippen LogP contribution in [0.1, 0.15) is 25.8 Å². The van der Waals surface area contributed by atoms with Gasteiger partial charge in [-0.1, -0.05) is 25.1 Å². The number of hydrogen-bond donors (Lipinski definition) is 3. The zero-order valence-electron chi connectivity index (χ0n) is 12.5. The molecule has 1 amide bonds. The predicted octanol–water partition coefficient (Wildman–Crippen LogP) is 2.45. The third-order valence-corrected chi connectivity index (χ3v) is 3.09. The lowest BCUT2D eigenvalue weighted by molar-refractivity contribution is -0.142. The van der Waals surface area contributed by atoms with Gasteiger partial charge in [0.25, 0.3) is 5.91 Å². The van der Waals surface area contributed by atoms with E-state index in [2.05, 4.69) is 22.9 Å². The van der Waals surface area contributed by atoms with Crippen LogP contribution in [0.3, 0.4) is 0 Å². The van der Waals surface area contributed by atoms with Gasteiger partial charge in [-0.05, 0) is 25.0 Å². The second kappa shape index (κ2) is 8.99. The average Bonchev–Trinajstić information content (AvgIpc) is 2.49. The first-order valence-electron chi connectivity index (χ1n) is 6.87. The van der Waals surface area contributed by atoms with Gasteiger partial charge in [-0.3, -0.25) is 15.0 Å². The molecule has 7 heteroatoms. The number of carbonyl (C=O) groups excluding carboxylic acids is 2. The van der Waals surface area contributed by atoms with E-state index in [9.17, 15) is 9.59 Å². The first kappa shape index (κ1) is 17.9. The van der Waals surface area contributed by atoms with Crippen molar-refractivity contribution in [2.75, 3.05) is 11.9 Å². The smallest absolute Gasteiger partial charge is 0.310 e. The van der Waals surface area contributed by atoms with Crippen LogP contribution in [0.4, 0.5) is 5.69 Å². The maximum absolute atomic E-state index is 11.9. The van der Waals surface area contributed by atoms with Crippen molar-refractivity contribution in [3.63, 3.8) is 0 Å². The van der Waals surface area contributed by atoms with Crippen LogP contribution in [-0.2, 0) is 20.7 Å². The summed E-state index contributed by atoms with van der Waals surface area (Å²) in [6.07, 6.45) is 0.589. The highest BCUT2D eigenvalue weighted by molar-refractivity contribution is 7.97. The summed E-state index contributed by atoms with van der Waals surface area (Å²) in [6.45, 7) is 3.85. The highest BCUT2D eigenvalue weighted by atomic mass is 32.1. The van der Waals surface area contributed by atoms with Gasteiger partial charge in [0, 0.05) is 5.69 Å². The fraction of sp³-hybridized carbons (Fsp3) is 0.333. The maximum atomic E-state index is 11.9. The zero-order valence-corrected chi connectivity index (χ0v) is 13.4. The van der Waals surface area contributed by atoms with Crippen molar-refractivity contribution in [2.24, 2.45) is 4.99 Å². The van der Waals surface area contributed by atoms with E-state index in [-0.39, 0.29) is 12.4 Å². The highest BCUT2D eigenvalue weighted by Gasteiger charge is 2.13. The van der Waals surface area contributed by atoms with Crippen LogP contribution in [0.2, 0.25) is 0 Å². The summed E-state index contributed by atoms with van der Waals surface area (Å²) in [7, 11) is 0. The molecule has 0 bridgehead atoms. The van der Waals surface area contributed by atoms with Crippen molar-refractivity contribution >= 4 is 41.1 Å². The zero-order chi connectivity index (χ0) is 16.5. The number of esters is 1. The van der Waals surface area contributed by atoms with Gasteiger partial charge in [0.05, 0.1) is 18.1 Å². The maximum Gasteiger partial charge on any atom is 0.310 e. The fourth-order valence-corrected chi connectivity index (χ4v) is 1.70. The molecule has 0 aliphatic heterocycles. The van der Waals surface area contributed by atoms with Gasteiger partial charge in [0.15, 0.2) is 0 Å². The molecule has 2 N–H and O–H groups in total. The molecule has 0 saturated heterocycles. The van der Waals surface area contributed by atoms with Gasteiger partial charge >= 0.3 is 5.97 Å². The van der Waals surface area contributed by atoms with Crippen LogP contribution < -0.4 is 5.32 Å². The van der Waals surface area contributed by atoms with Crippen molar-refractivity contribution in [1.29, 1.82) is 5.41 Å². The first-order chi connectivity index (χ1) is 10.5. The van der Waals surface area contributed by atoms with E-state index in [4.69, 9.17) is 10.1 Å². The van der Waals surface area contributed by atoms with Crippen LogP contribution in [-0.4, -0.2) is 29.4 Å². The van der Waals surface area contributed by atoms with Crippen LogP contribution in [0, 0.1) is 5.41 Å². The lowest BCUT2D eigenvalue weighted by Crippen LogP contribution is -2.22. The number of carbonyl (C=O) groups is 2. The monoisotopic (exact) mass is 321 g/mol. The van der Waals surface area contributed by atoms with Crippen molar-refractivity contribution in [1.82, 2.24) is 0 Å². The fourth-order valence-electron chi connectivity index (χ4n) is 1.60. The molecule has 0 radical (unpaired) electrons. The lowest BCUT2D eigenvalue weighted by Gasteiger charge is -2.10. The van der Waals surface area contributed by atoms with E-state index in [0.717, 1.165) is 0 Å². The van der Waals surface area contributed by atoms with E-state index in [1.807, 2.05) is 6.92 Å². The Bertz CT molecular complexity index is 599. The van der Waals surface area contributed by atoms with Gasteiger partial charge in [-0.25, -0.2) is 4.99 Å². The predicted molar refractivity (Wildman–Crippen MR) is 89.8 cm³/mol. The summed E-state index contributed by atoms with van der Waals surface area (Å²) >= 11 is 4.05. The molecule has 0 aromatic heterocycles. The number of anilines is 1. The summed E-state index contributed by atoms with van der Waals surface area (Å²) in [5.74, 6) is -1.46. The quantitative estimate of drug-likeness (QED) is 0.337. The largest absolute Gasteiger partial charge is 0.466 e. The summed E-state index contributed by atoms with van der Waals surface area (Å²) in [6, 6.07) is 6.87. The van der Waals surface area contributed by atoms with Gasteiger partial charge in [-0.15, -0.1) is 12.6 Å². The molecule has 0 atom stereocenters. The van der Waals surface area contributed by atoms with Crippen molar-refractivity contribution < 1.29 is 14.3 Å². The van der Waals surface area contributed by atoms with E-state index in [1.54, 1.807) is 31.2 Å². The number of amidine groups is 1. The Balaban J connectivity index is 2.83. The number of hydrogen-bond acceptors (Lipinski definition) is 4. The number of benzene rings is 1. The second-order valence-electron chi connectivity index (χ2n) is 4.32. The third kappa shape index (κ3) is 5.69. The summed E-state index contributed by atoms with van der Waals surface area (Å²) in [5, 5.41) is 10.6. The van der Waals surface area contributed by atoms with E-state index >= 15 is 0 Å². The average molecular weight is 321 g/mol. The number of nitrogens with zero attached hydrogens (tertiary/aromatic N) is 1. The topological polar surface area (TPSA) is 91.6 Å². The van der Waals surface area contributed by atoms with E-state index < -0.39 is 11.7 Å². The van der Waals surface area contributed by atoms with Crippen LogP contribution >= 0.6 is 12.6 Å². The molecular formula is C15H19N3O3S. The molecule has 1 aromatic rings. The Hall–Kier alpha value is -2.15. The molecule has 0 spiro atoms. The molecular weight excluding hydrogens is 302 g/mol. The molecule has 0 aliphatic rings. The highest BCUT2D eigenvalue weighted by Crippen LogP contribution is 2.16. The van der Waals surface area contributed by atoms with Crippen molar-refractivity contribution in [3.8, 4) is 0 Å². The van der Waals surface area contributed by atoms with Gasteiger partial charge in [0.1, 0.15) is 0 Å². The molecule has 6 nitrogen and oxygen atoms in total. The lowest BCUT2D eigenvalue weighted by atomic mass is 10.1. The minimum atomic E-state index is -0.656. The third-order valence-electron chi connectivity index (χ3n) is 2.68. The minimum absolute atomic E-state index is 0.0493. The SMILES string of the molecule is CCOC(=O)Cc1ccccc1NC(=O)C(=N)/N=C(/S)CC. The number of thiol groups is 1. The molecule has 0 unspecified atom stereocenters. The van der Waals surface area contributed by atoms with Crippen molar-refractivity contribution in [2.45, 2.75) is 26.7 Å². The summed E-state index contributed by atoms with van der Waals surface area (Å²) < 4.78 is 4.89. The number of nitrogens with one attached hydrogen (secondary N) is 2. The Kier molecular flexibility index (Phi) is 7.31. The molecule has 0 heterocycles. The molecule has 22 heavy (non-hydrogen) atoms. The molecule has 1 aromatic carbocycles. The van der Waals surface area contributed by atoms with Crippen LogP contribution in [0.15, 0.2) is 29.3 Å².